The zero-order valence-corrected chi connectivity index (χ0v) is 82.5. The van der Waals surface area contributed by atoms with Crippen molar-refractivity contribution in [1.82, 2.24) is 35.3 Å². The molecule has 3 aliphatic heterocycles. The molecule has 0 radical (unpaired) electrons. The normalized spacial score (nSPS) is 14.3. The van der Waals surface area contributed by atoms with E-state index in [1.54, 1.807) is 113 Å². The van der Waals surface area contributed by atoms with Gasteiger partial charge < -0.3 is 106 Å². The van der Waals surface area contributed by atoms with E-state index in [2.05, 4.69) is 48.5 Å². The minimum atomic E-state index is -1.29. The summed E-state index contributed by atoms with van der Waals surface area (Å²) < 4.78 is 57.3. The number of nitro groups is 1. The second-order valence-electron chi connectivity index (χ2n) is 34.9. The summed E-state index contributed by atoms with van der Waals surface area (Å²) in [6.07, 6.45) is 3.32. The first kappa shape index (κ1) is 114. The van der Waals surface area contributed by atoms with Crippen LogP contribution in [0, 0.1) is 50.0 Å². The smallest absolute Gasteiger partial charge is 0.478 e. The lowest BCUT2D eigenvalue weighted by atomic mass is 9.89. The Kier molecular flexibility index (Phi) is 45.3. The average Bonchev–Trinajstić information content (AvgIpc) is 1.30. The number of aliphatic hydroxyl groups excluding tert-OH is 2. The van der Waals surface area contributed by atoms with Crippen LogP contribution in [-0.4, -0.2) is 272 Å². The maximum atomic E-state index is 14.2. The molecule has 2 saturated carbocycles. The summed E-state index contributed by atoms with van der Waals surface area (Å²) in [6, 6.07) is 37.3. The number of aromatic nitrogens is 2. The third-order valence-electron chi connectivity index (χ3n) is 23.0. The quantitative estimate of drug-likeness (QED) is 0.00162. The van der Waals surface area contributed by atoms with Crippen molar-refractivity contribution in [2.45, 2.75) is 112 Å². The van der Waals surface area contributed by atoms with Gasteiger partial charge in [0.1, 0.15) is 42.8 Å². The highest BCUT2D eigenvalue weighted by atomic mass is 16.7. The number of anilines is 2. The number of hydrogen-bond donors (Lipinski definition) is 11. The SMILES string of the molecule is C=Cc1cc(C(=O)Cc2ccc(C(=N)CC(=O)OCCN3CCOCC3)cc2)c(-c2ccc(C(=O)NCC3CC3)nc2C(=O)OC(C)OC(=O)C(C)C)cc1CO.C=Cc1cc(C(=O)O)c(-c2ccc(C(=O)NCC3CC3)nc2C(=O)OC(C)OC(=O)C(C)C)cc1CO.N=C(CC(=O)OCCN1CCOCC1)c1ccc(N)cc1.N=C(N)c1ccc(N)cc1.O=C(OCCN1CCOCC1)Oc1ccc([N+](=O)[O-])cc1. The van der Waals surface area contributed by atoms with Crippen molar-refractivity contribution in [2.75, 3.05) is 143 Å². The molecule has 3 saturated heterocycles. The lowest BCUT2D eigenvalue weighted by molar-refractivity contribution is -0.384. The van der Waals surface area contributed by atoms with Gasteiger partial charge in [-0.05, 0) is 185 Å². The topological polar surface area (TPSA) is 602 Å². The number of rotatable bonds is 42. The number of carbonyl (C=O) groups excluding carboxylic acids is 10. The summed E-state index contributed by atoms with van der Waals surface area (Å²) in [7, 11) is 0. The number of ether oxygens (including phenoxy) is 11. The number of pyridine rings is 2. The van der Waals surface area contributed by atoms with Crippen LogP contribution in [0.1, 0.15) is 187 Å². The number of amides is 2. The molecule has 2 amide bonds. The van der Waals surface area contributed by atoms with Gasteiger partial charge in [-0.1, -0.05) is 89.4 Å². The van der Waals surface area contributed by atoms with Crippen molar-refractivity contribution in [3.63, 3.8) is 0 Å². The van der Waals surface area contributed by atoms with E-state index in [0.29, 0.717) is 133 Å². The first-order valence-corrected chi connectivity index (χ1v) is 47.5. The van der Waals surface area contributed by atoms with Crippen LogP contribution in [0.2, 0.25) is 0 Å². The summed E-state index contributed by atoms with van der Waals surface area (Å²) >= 11 is 0. The van der Waals surface area contributed by atoms with Crippen molar-refractivity contribution in [2.24, 2.45) is 29.4 Å². The molecule has 41 nitrogen and oxygen atoms in total. The summed E-state index contributed by atoms with van der Waals surface area (Å²) in [5, 5.41) is 69.4. The summed E-state index contributed by atoms with van der Waals surface area (Å²) in [5.74, 6) is -6.52. The van der Waals surface area contributed by atoms with Crippen molar-refractivity contribution >= 4 is 112 Å². The molecule has 13 rings (SSSR count). The number of aliphatic hydroxyl groups is 2. The minimum absolute atomic E-state index is 0.0208. The number of nitrogens with one attached hydrogen (secondary N) is 5. The van der Waals surface area contributed by atoms with Crippen molar-refractivity contribution in [3.05, 3.63) is 247 Å². The van der Waals surface area contributed by atoms with E-state index < -0.39 is 96.3 Å². The molecule has 5 aliphatic rings. The Balaban J connectivity index is 0.000000226. The number of amidine groups is 1. The lowest BCUT2D eigenvalue weighted by Gasteiger charge is -2.26. The van der Waals surface area contributed by atoms with Gasteiger partial charge in [0.25, 0.3) is 17.5 Å². The van der Waals surface area contributed by atoms with Crippen LogP contribution >= 0.6 is 0 Å². The predicted molar refractivity (Wildman–Crippen MR) is 539 cm³/mol. The fourth-order valence-electron chi connectivity index (χ4n) is 14.2. The van der Waals surface area contributed by atoms with Crippen LogP contribution in [0.3, 0.4) is 0 Å². The number of hydrogen-bond acceptors (Lipinski definition) is 36. The molecular weight excluding hydrogens is 1890 g/mol. The highest BCUT2D eigenvalue weighted by Gasteiger charge is 2.32. The van der Waals surface area contributed by atoms with E-state index in [4.69, 9.17) is 85.5 Å². The van der Waals surface area contributed by atoms with Crippen LogP contribution in [0.4, 0.5) is 21.9 Å². The van der Waals surface area contributed by atoms with Crippen molar-refractivity contribution < 1.29 is 125 Å². The van der Waals surface area contributed by atoms with E-state index in [1.165, 1.54) is 86.7 Å². The molecule has 2 atom stereocenters. The van der Waals surface area contributed by atoms with Crippen LogP contribution in [0.5, 0.6) is 5.75 Å². The minimum Gasteiger partial charge on any atom is -0.478 e. The number of ketones is 1. The zero-order valence-electron chi connectivity index (χ0n) is 82.5. The predicted octanol–water partition coefficient (Wildman–Crippen LogP) is 11.1. The van der Waals surface area contributed by atoms with Crippen molar-refractivity contribution in [1.29, 1.82) is 16.2 Å². The first-order valence-electron chi connectivity index (χ1n) is 47.5. The molecule has 2 aliphatic carbocycles. The third kappa shape index (κ3) is 37.5. The Morgan fingerprint density at radius 2 is 0.884 bits per heavy atom. The maximum Gasteiger partial charge on any atom is 0.513 e. The molecule has 14 N–H and O–H groups in total. The monoisotopic (exact) mass is 2010 g/mol. The van der Waals surface area contributed by atoms with Crippen LogP contribution in [0.25, 0.3) is 34.4 Å². The number of aromatic carboxylic acids is 1. The van der Waals surface area contributed by atoms with Gasteiger partial charge in [0.15, 0.2) is 17.2 Å². The number of benzene rings is 6. The number of Topliss-reactive ketones (excluding diaryl/α,β-unsaturated/α-hetero) is 1. The molecule has 6 aromatic carbocycles. The second-order valence-corrected chi connectivity index (χ2v) is 34.9. The Hall–Kier alpha value is -15.2. The van der Waals surface area contributed by atoms with Crippen LogP contribution in [0.15, 0.2) is 159 Å². The van der Waals surface area contributed by atoms with Gasteiger partial charge in [-0.3, -0.25) is 63.8 Å². The van der Waals surface area contributed by atoms with E-state index in [9.17, 15) is 78.2 Å². The highest BCUT2D eigenvalue weighted by molar-refractivity contribution is 6.10. The number of carboxylic acid groups (broad SMARTS) is 1. The Bertz CT molecular complexity index is 5920. The molecule has 0 bridgehead atoms. The van der Waals surface area contributed by atoms with Gasteiger partial charge in [0.2, 0.25) is 12.6 Å². The number of nitrogens with zero attached hydrogens (tertiary/aromatic N) is 6. The lowest BCUT2D eigenvalue weighted by Crippen LogP contribution is -2.38. The molecular formula is C105H126N14O27. The van der Waals surface area contributed by atoms with E-state index in [0.717, 1.165) is 78.2 Å². The molecule has 8 aromatic rings. The molecule has 146 heavy (non-hydrogen) atoms. The Morgan fingerprint density at radius 1 is 0.507 bits per heavy atom. The summed E-state index contributed by atoms with van der Waals surface area (Å²) in [4.78, 5) is 164. The molecule has 41 heteroatoms. The fraction of sp³-hybridized carbons (Fsp3) is 0.390. The maximum absolute atomic E-state index is 14.2. The van der Waals surface area contributed by atoms with Gasteiger partial charge in [-0.15, -0.1) is 0 Å². The van der Waals surface area contributed by atoms with Gasteiger partial charge in [0.05, 0.1) is 88.0 Å². The Morgan fingerprint density at radius 3 is 1.25 bits per heavy atom. The number of morpholine rings is 3. The zero-order chi connectivity index (χ0) is 106. The number of nitrogen functional groups attached to an aromatic ring is 3. The molecule has 5 fully saturated rings. The fourth-order valence-corrected chi connectivity index (χ4v) is 14.2. The van der Waals surface area contributed by atoms with E-state index >= 15 is 0 Å². The number of nitrogens with two attached hydrogens (primary N) is 3. The third-order valence-corrected chi connectivity index (χ3v) is 23.0. The van der Waals surface area contributed by atoms with E-state index in [1.807, 2.05) is 0 Å². The first-order chi connectivity index (χ1) is 69.9. The summed E-state index contributed by atoms with van der Waals surface area (Å²) in [6.45, 7) is 28.7. The molecule has 5 heterocycles. The number of carboxylic acids is 1. The number of non-ortho nitro benzene ring substituents is 1. The number of carbonyl (C=O) groups is 11. The highest BCUT2D eigenvalue weighted by Crippen LogP contribution is 2.36. The van der Waals surface area contributed by atoms with Gasteiger partial charge in [-0.25, -0.2) is 29.1 Å². The van der Waals surface area contributed by atoms with Crippen molar-refractivity contribution in [3.8, 4) is 28.0 Å². The molecule has 0 spiro atoms. The average molecular weight is 2020 g/mol. The van der Waals surface area contributed by atoms with Crippen LogP contribution < -0.4 is 32.6 Å². The van der Waals surface area contributed by atoms with Gasteiger partial charge >= 0.3 is 47.9 Å². The summed E-state index contributed by atoms with van der Waals surface area (Å²) in [5.41, 5.74) is 21.8. The largest absolute Gasteiger partial charge is 0.513 e. The number of nitro benzene ring substituents is 1. The van der Waals surface area contributed by atoms with Gasteiger partial charge in [-0.2, -0.15) is 0 Å². The molecule has 778 valence electrons. The molecule has 2 unspecified atom stereocenters. The van der Waals surface area contributed by atoms with Gasteiger partial charge in [0, 0.05) is 149 Å². The second kappa shape index (κ2) is 57.9. The van der Waals surface area contributed by atoms with E-state index in [-0.39, 0.29) is 129 Å². The van der Waals surface area contributed by atoms with Crippen LogP contribution in [-0.2, 0) is 86.2 Å². The number of esters is 6. The molecule has 2 aromatic heterocycles. The standard InChI is InChI=1S/C43H50N4O10.C27H30N2O8.C15H21N3O3.C13H16N2O6.C7H9N3/c1-5-30-21-35(38(49)20-28-8-10-31(11-9-28)36(44)23-39(50)55-19-16-47-14-17-54-18-15-47)34(22-32(30)25-48)33-12-13-37(41(51)45-24-29-6-7-29)46-40(33)43(53)57-27(4)56-42(52)26(2)3;1-5-17-10-21(25(32)33)20(11-18(17)13-30)19-8-9-22(24(31)28-12-16-6-7-16)29-23(19)27(35)37-15(4)36-26(34)14(2)3;16-13-3-1-12(2-4-13)14(17)11-15(19)21-10-7-18-5-8-20-9-6-18;16-13(20-10-7-14-5-8-19-9-6-14)21-12-3-1-11(2-4-12)15(17)18;8-6-3-1-5(2-4-6)7(9)10/h5,8-13,21-22,26-27,29,44,48H,1,6-7,14-20,23-25H2,2-4H3,(H,45,51);5,8-11,14-16,30H,1,6-7,12-13H2,2-4H3,(H,28,31)(H,32,33);1-4,17H,5-11,16H2;1-4H,5-10H2;1-4H,8H2,(H3,9,10). The Labute approximate surface area is 844 Å².